The number of halogens is 1. The predicted molar refractivity (Wildman–Crippen MR) is 86.3 cm³/mol. The molecular formula is C14H13BrN2OS. The minimum atomic E-state index is 0.383. The largest absolute Gasteiger partial charge is 0.497 e. The molecule has 0 radical (unpaired) electrons. The number of thiocarbonyl (C=S) groups is 1. The first kappa shape index (κ1) is 13.8. The Balaban J connectivity index is 2.25. The van der Waals surface area contributed by atoms with Crippen molar-refractivity contribution >= 4 is 44.5 Å². The first-order valence-corrected chi connectivity index (χ1v) is 6.80. The molecule has 0 atom stereocenters. The van der Waals surface area contributed by atoms with E-state index in [9.17, 15) is 0 Å². The van der Waals surface area contributed by atoms with Crippen LogP contribution < -0.4 is 15.8 Å². The van der Waals surface area contributed by atoms with Crippen LogP contribution in [0.2, 0.25) is 0 Å². The van der Waals surface area contributed by atoms with Crippen LogP contribution in [0.15, 0.2) is 46.9 Å². The van der Waals surface area contributed by atoms with Crippen LogP contribution in [-0.4, -0.2) is 12.1 Å². The molecule has 0 aliphatic heterocycles. The molecule has 19 heavy (non-hydrogen) atoms. The maximum atomic E-state index is 5.60. The van der Waals surface area contributed by atoms with Gasteiger partial charge < -0.3 is 15.8 Å². The molecule has 2 aromatic rings. The van der Waals surface area contributed by atoms with Gasteiger partial charge in [0.15, 0.2) is 0 Å². The van der Waals surface area contributed by atoms with Gasteiger partial charge in [0.2, 0.25) is 0 Å². The molecule has 0 aliphatic rings. The predicted octanol–water partition coefficient (Wildman–Crippen LogP) is 3.84. The number of hydrogen-bond donors (Lipinski definition) is 2. The van der Waals surface area contributed by atoms with Crippen LogP contribution in [-0.2, 0) is 0 Å². The number of hydrogen-bond acceptors (Lipinski definition) is 3. The maximum absolute atomic E-state index is 5.60. The van der Waals surface area contributed by atoms with Crippen molar-refractivity contribution in [2.75, 3.05) is 12.4 Å². The molecule has 0 aromatic heterocycles. The minimum Gasteiger partial charge on any atom is -0.497 e. The third-order valence-electron chi connectivity index (χ3n) is 2.60. The van der Waals surface area contributed by atoms with Gasteiger partial charge in [-0.15, -0.1) is 0 Å². The van der Waals surface area contributed by atoms with Crippen molar-refractivity contribution < 1.29 is 4.74 Å². The van der Waals surface area contributed by atoms with Crippen LogP contribution in [0.25, 0.3) is 0 Å². The molecule has 0 bridgehead atoms. The standard InChI is InChI=1S/C14H13BrN2OS/c1-18-11-4-2-3-10(8-11)17-13-6-5-9(14(16)19)7-12(13)15/h2-8,17H,1H3,(H2,16,19). The summed E-state index contributed by atoms with van der Waals surface area (Å²) in [6, 6.07) is 13.4. The lowest BCUT2D eigenvalue weighted by atomic mass is 10.2. The highest BCUT2D eigenvalue weighted by molar-refractivity contribution is 9.10. The van der Waals surface area contributed by atoms with Gasteiger partial charge in [-0.3, -0.25) is 0 Å². The van der Waals surface area contributed by atoms with Crippen molar-refractivity contribution in [2.24, 2.45) is 5.73 Å². The smallest absolute Gasteiger partial charge is 0.120 e. The van der Waals surface area contributed by atoms with Crippen molar-refractivity contribution in [2.45, 2.75) is 0 Å². The molecule has 0 spiro atoms. The Bertz CT molecular complexity index is 616. The van der Waals surface area contributed by atoms with E-state index >= 15 is 0 Å². The van der Waals surface area contributed by atoms with Crippen molar-refractivity contribution in [3.8, 4) is 5.75 Å². The van der Waals surface area contributed by atoms with E-state index in [1.807, 2.05) is 42.5 Å². The summed E-state index contributed by atoms with van der Waals surface area (Å²) in [7, 11) is 1.64. The summed E-state index contributed by atoms with van der Waals surface area (Å²) < 4.78 is 6.09. The fraction of sp³-hybridized carbons (Fsp3) is 0.0714. The third kappa shape index (κ3) is 3.45. The van der Waals surface area contributed by atoms with E-state index in [1.165, 1.54) is 0 Å². The number of nitrogens with one attached hydrogen (secondary N) is 1. The number of rotatable bonds is 4. The topological polar surface area (TPSA) is 47.3 Å². The second kappa shape index (κ2) is 6.04. The molecule has 0 unspecified atom stereocenters. The normalized spacial score (nSPS) is 10.0. The molecule has 3 nitrogen and oxygen atoms in total. The minimum absolute atomic E-state index is 0.383. The summed E-state index contributed by atoms with van der Waals surface area (Å²) in [6.45, 7) is 0. The Morgan fingerprint density at radius 2 is 2.05 bits per heavy atom. The number of ether oxygens (including phenoxy) is 1. The van der Waals surface area contributed by atoms with Crippen LogP contribution in [0.5, 0.6) is 5.75 Å². The highest BCUT2D eigenvalue weighted by Crippen LogP contribution is 2.28. The molecule has 3 N–H and O–H groups in total. The molecule has 0 heterocycles. The van der Waals surface area contributed by atoms with Crippen LogP contribution in [0.3, 0.4) is 0 Å². The zero-order chi connectivity index (χ0) is 13.8. The highest BCUT2D eigenvalue weighted by atomic mass is 79.9. The zero-order valence-corrected chi connectivity index (χ0v) is 12.7. The van der Waals surface area contributed by atoms with E-state index in [0.29, 0.717) is 4.99 Å². The van der Waals surface area contributed by atoms with E-state index in [2.05, 4.69) is 21.2 Å². The fourth-order valence-corrected chi connectivity index (χ4v) is 2.23. The van der Waals surface area contributed by atoms with E-state index in [1.54, 1.807) is 7.11 Å². The molecule has 5 heteroatoms. The molecule has 2 rings (SSSR count). The lowest BCUT2D eigenvalue weighted by Crippen LogP contribution is -2.09. The van der Waals surface area contributed by atoms with Crippen LogP contribution in [0.4, 0.5) is 11.4 Å². The van der Waals surface area contributed by atoms with Crippen molar-refractivity contribution in [1.82, 2.24) is 0 Å². The zero-order valence-electron chi connectivity index (χ0n) is 10.3. The number of nitrogens with two attached hydrogens (primary N) is 1. The Kier molecular flexibility index (Phi) is 4.39. The monoisotopic (exact) mass is 336 g/mol. The van der Waals surface area contributed by atoms with Gasteiger partial charge in [-0.1, -0.05) is 18.3 Å². The summed E-state index contributed by atoms with van der Waals surface area (Å²) in [5, 5.41) is 3.30. The van der Waals surface area contributed by atoms with E-state index in [4.69, 9.17) is 22.7 Å². The maximum Gasteiger partial charge on any atom is 0.120 e. The molecule has 2 aromatic carbocycles. The van der Waals surface area contributed by atoms with E-state index in [0.717, 1.165) is 27.2 Å². The summed E-state index contributed by atoms with van der Waals surface area (Å²) in [5.41, 5.74) is 8.31. The Morgan fingerprint density at radius 1 is 1.26 bits per heavy atom. The summed E-state index contributed by atoms with van der Waals surface area (Å²) in [6.07, 6.45) is 0. The van der Waals surface area contributed by atoms with Gasteiger partial charge in [0.1, 0.15) is 10.7 Å². The Labute approximate surface area is 125 Å². The summed E-state index contributed by atoms with van der Waals surface area (Å²) in [5.74, 6) is 0.806. The summed E-state index contributed by atoms with van der Waals surface area (Å²) >= 11 is 8.45. The molecule has 0 amide bonds. The van der Waals surface area contributed by atoms with Gasteiger partial charge in [0.05, 0.1) is 12.8 Å². The van der Waals surface area contributed by atoms with Gasteiger partial charge in [0, 0.05) is 21.8 Å². The lowest BCUT2D eigenvalue weighted by molar-refractivity contribution is 0.415. The molecule has 98 valence electrons. The molecule has 0 saturated heterocycles. The second-order valence-electron chi connectivity index (χ2n) is 3.92. The molecule has 0 aliphatic carbocycles. The molecular weight excluding hydrogens is 324 g/mol. The van der Waals surface area contributed by atoms with E-state index in [-0.39, 0.29) is 0 Å². The quantitative estimate of drug-likeness (QED) is 0.833. The van der Waals surface area contributed by atoms with Crippen LogP contribution in [0, 0.1) is 0 Å². The van der Waals surface area contributed by atoms with Gasteiger partial charge in [-0.05, 0) is 46.3 Å². The number of anilines is 2. The van der Waals surface area contributed by atoms with Gasteiger partial charge in [-0.25, -0.2) is 0 Å². The van der Waals surface area contributed by atoms with Crippen LogP contribution >= 0.6 is 28.1 Å². The highest BCUT2D eigenvalue weighted by Gasteiger charge is 2.04. The SMILES string of the molecule is COc1cccc(Nc2ccc(C(N)=S)cc2Br)c1. The average molecular weight is 337 g/mol. The van der Waals surface area contributed by atoms with Gasteiger partial charge >= 0.3 is 0 Å². The first-order chi connectivity index (χ1) is 9.10. The summed E-state index contributed by atoms with van der Waals surface area (Å²) in [4.78, 5) is 0.383. The number of methoxy groups -OCH3 is 1. The van der Waals surface area contributed by atoms with Gasteiger partial charge in [0.25, 0.3) is 0 Å². The Hall–Kier alpha value is -1.59. The average Bonchev–Trinajstić information content (AvgIpc) is 2.41. The van der Waals surface area contributed by atoms with Crippen molar-refractivity contribution in [3.05, 3.63) is 52.5 Å². The van der Waals surface area contributed by atoms with Crippen molar-refractivity contribution in [3.63, 3.8) is 0 Å². The molecule has 0 fully saturated rings. The lowest BCUT2D eigenvalue weighted by Gasteiger charge is -2.11. The fourth-order valence-electron chi connectivity index (χ4n) is 1.63. The van der Waals surface area contributed by atoms with Crippen LogP contribution in [0.1, 0.15) is 5.56 Å². The Morgan fingerprint density at radius 3 is 2.68 bits per heavy atom. The van der Waals surface area contributed by atoms with Gasteiger partial charge in [-0.2, -0.15) is 0 Å². The first-order valence-electron chi connectivity index (χ1n) is 5.60. The molecule has 0 saturated carbocycles. The number of benzene rings is 2. The third-order valence-corrected chi connectivity index (χ3v) is 3.49. The van der Waals surface area contributed by atoms with E-state index < -0.39 is 0 Å². The van der Waals surface area contributed by atoms with Crippen molar-refractivity contribution in [1.29, 1.82) is 0 Å². The second-order valence-corrected chi connectivity index (χ2v) is 5.21.